The summed E-state index contributed by atoms with van der Waals surface area (Å²) in [5.41, 5.74) is 12.4. The lowest BCUT2D eigenvalue weighted by molar-refractivity contribution is -0.121. The molecule has 3 rings (SSSR count). The van der Waals surface area contributed by atoms with Gasteiger partial charge in [-0.25, -0.2) is 0 Å². The Morgan fingerprint density at radius 2 is 1.96 bits per heavy atom. The number of rotatable bonds is 7. The van der Waals surface area contributed by atoms with E-state index < -0.39 is 0 Å². The molecule has 1 atom stereocenters. The van der Waals surface area contributed by atoms with Crippen molar-refractivity contribution < 1.29 is 4.79 Å². The van der Waals surface area contributed by atoms with Crippen LogP contribution in [0.5, 0.6) is 0 Å². The van der Waals surface area contributed by atoms with Crippen LogP contribution in [-0.4, -0.2) is 19.0 Å². The molecule has 1 aliphatic rings. The van der Waals surface area contributed by atoms with Crippen LogP contribution >= 0.6 is 0 Å². The van der Waals surface area contributed by atoms with Gasteiger partial charge in [0.2, 0.25) is 5.91 Å². The normalized spacial score (nSPS) is 13.2. The van der Waals surface area contributed by atoms with Crippen LogP contribution in [0.25, 0.3) is 11.1 Å². The van der Waals surface area contributed by atoms with Crippen LogP contribution in [0.3, 0.4) is 0 Å². The van der Waals surface area contributed by atoms with E-state index in [2.05, 4.69) is 47.8 Å². The molecule has 0 saturated heterocycles. The lowest BCUT2D eigenvalue weighted by atomic mass is 10.00. The number of hydrogen-bond donors (Lipinski definition) is 2. The molecule has 126 valence electrons. The number of benzene rings is 2. The van der Waals surface area contributed by atoms with Gasteiger partial charge in [0.05, 0.1) is 0 Å². The summed E-state index contributed by atoms with van der Waals surface area (Å²) in [4.78, 5) is 11.9. The van der Waals surface area contributed by atoms with E-state index in [-0.39, 0.29) is 5.91 Å². The van der Waals surface area contributed by atoms with Crippen LogP contribution in [0.2, 0.25) is 0 Å². The van der Waals surface area contributed by atoms with Gasteiger partial charge in [0.1, 0.15) is 0 Å². The number of fused-ring (bicyclic) bond motifs is 3. The fourth-order valence-corrected chi connectivity index (χ4v) is 3.24. The number of carbonyl (C=O) groups excluding carboxylic acids is 1. The van der Waals surface area contributed by atoms with Crippen molar-refractivity contribution in [2.24, 2.45) is 11.7 Å². The molecular formula is C21H26N2O. The second-order valence-corrected chi connectivity index (χ2v) is 6.82. The Morgan fingerprint density at radius 1 is 1.17 bits per heavy atom. The summed E-state index contributed by atoms with van der Waals surface area (Å²) in [6.45, 7) is 3.32. The summed E-state index contributed by atoms with van der Waals surface area (Å²) in [7, 11) is 0. The first-order chi connectivity index (χ1) is 11.7. The molecule has 0 spiro atoms. The highest BCUT2D eigenvalue weighted by molar-refractivity contribution is 5.77. The smallest absolute Gasteiger partial charge is 0.220 e. The largest absolute Gasteiger partial charge is 0.356 e. The monoisotopic (exact) mass is 322 g/mol. The van der Waals surface area contributed by atoms with Gasteiger partial charge < -0.3 is 11.1 Å². The van der Waals surface area contributed by atoms with Crippen molar-refractivity contribution in [2.75, 3.05) is 13.1 Å². The van der Waals surface area contributed by atoms with Gasteiger partial charge in [0.25, 0.3) is 0 Å². The van der Waals surface area contributed by atoms with Gasteiger partial charge in [-0.1, -0.05) is 49.4 Å². The molecule has 3 heteroatoms. The number of aryl methyl sites for hydroxylation is 1. The van der Waals surface area contributed by atoms with Crippen molar-refractivity contribution in [3.63, 3.8) is 0 Å². The van der Waals surface area contributed by atoms with Crippen LogP contribution in [0.4, 0.5) is 0 Å². The van der Waals surface area contributed by atoms with Gasteiger partial charge in [-0.2, -0.15) is 0 Å². The lowest BCUT2D eigenvalue weighted by Gasteiger charge is -2.10. The molecule has 0 saturated carbocycles. The van der Waals surface area contributed by atoms with Crippen molar-refractivity contribution in [3.8, 4) is 11.1 Å². The summed E-state index contributed by atoms with van der Waals surface area (Å²) in [5.74, 6) is 0.465. The summed E-state index contributed by atoms with van der Waals surface area (Å²) in [5, 5.41) is 2.96. The SMILES string of the molecule is CC(CN)CNC(=O)CCCc1ccc2c(c1)-c1ccccc1C2. The Kier molecular flexibility index (Phi) is 5.31. The van der Waals surface area contributed by atoms with E-state index in [4.69, 9.17) is 5.73 Å². The fourth-order valence-electron chi connectivity index (χ4n) is 3.24. The first-order valence-electron chi connectivity index (χ1n) is 8.84. The zero-order chi connectivity index (χ0) is 16.9. The van der Waals surface area contributed by atoms with E-state index in [9.17, 15) is 4.79 Å². The van der Waals surface area contributed by atoms with Crippen LogP contribution in [0.15, 0.2) is 42.5 Å². The van der Waals surface area contributed by atoms with Crippen LogP contribution in [-0.2, 0) is 17.6 Å². The standard InChI is InChI=1S/C21H26N2O/c1-15(13-22)14-23-21(24)8-4-5-16-9-10-18-12-17-6-2-3-7-19(17)20(18)11-16/h2-3,6-7,9-11,15H,4-5,8,12-14,22H2,1H3,(H,23,24). The van der Waals surface area contributed by atoms with Crippen LogP contribution in [0, 0.1) is 5.92 Å². The molecule has 0 bridgehead atoms. The van der Waals surface area contributed by atoms with Gasteiger partial charge in [-0.05, 0) is 59.5 Å². The number of nitrogens with two attached hydrogens (primary N) is 1. The minimum atomic E-state index is 0.127. The Bertz CT molecular complexity index is 724. The summed E-state index contributed by atoms with van der Waals surface area (Å²) >= 11 is 0. The Labute approximate surface area is 144 Å². The van der Waals surface area contributed by atoms with Crippen molar-refractivity contribution in [3.05, 3.63) is 59.2 Å². The molecule has 2 aromatic rings. The van der Waals surface area contributed by atoms with E-state index in [0.717, 1.165) is 19.3 Å². The molecule has 0 heterocycles. The maximum absolute atomic E-state index is 11.9. The van der Waals surface area contributed by atoms with Gasteiger partial charge >= 0.3 is 0 Å². The van der Waals surface area contributed by atoms with E-state index in [1.54, 1.807) is 0 Å². The minimum absolute atomic E-state index is 0.127. The Balaban J connectivity index is 1.54. The van der Waals surface area contributed by atoms with Crippen molar-refractivity contribution >= 4 is 5.91 Å². The number of hydrogen-bond acceptors (Lipinski definition) is 2. The molecule has 24 heavy (non-hydrogen) atoms. The second-order valence-electron chi connectivity index (χ2n) is 6.82. The minimum Gasteiger partial charge on any atom is -0.356 e. The third-order valence-electron chi connectivity index (χ3n) is 4.78. The molecule has 3 nitrogen and oxygen atoms in total. The topological polar surface area (TPSA) is 55.1 Å². The van der Waals surface area contributed by atoms with E-state index in [1.807, 2.05) is 6.92 Å². The van der Waals surface area contributed by atoms with Crippen LogP contribution < -0.4 is 11.1 Å². The molecule has 2 aromatic carbocycles. The number of carbonyl (C=O) groups is 1. The highest BCUT2D eigenvalue weighted by Crippen LogP contribution is 2.36. The predicted molar refractivity (Wildman–Crippen MR) is 98.9 cm³/mol. The molecule has 0 aromatic heterocycles. The predicted octanol–water partition coefficient (Wildman–Crippen LogP) is 3.29. The molecule has 0 radical (unpaired) electrons. The van der Waals surface area contributed by atoms with Gasteiger partial charge in [-0.15, -0.1) is 0 Å². The second kappa shape index (κ2) is 7.63. The number of nitrogens with one attached hydrogen (secondary N) is 1. The van der Waals surface area contributed by atoms with Crippen molar-refractivity contribution in [1.29, 1.82) is 0 Å². The molecule has 1 aliphatic carbocycles. The van der Waals surface area contributed by atoms with Crippen molar-refractivity contribution in [1.82, 2.24) is 5.32 Å². The average molecular weight is 322 g/mol. The highest BCUT2D eigenvalue weighted by Gasteiger charge is 2.17. The van der Waals surface area contributed by atoms with Gasteiger partial charge in [0, 0.05) is 13.0 Å². The summed E-state index contributed by atoms with van der Waals surface area (Å²) in [6.07, 6.45) is 3.43. The maximum Gasteiger partial charge on any atom is 0.220 e. The maximum atomic E-state index is 11.9. The third kappa shape index (κ3) is 3.85. The van der Waals surface area contributed by atoms with E-state index >= 15 is 0 Å². The summed E-state index contributed by atoms with van der Waals surface area (Å²) < 4.78 is 0. The van der Waals surface area contributed by atoms with E-state index in [0.29, 0.717) is 25.4 Å². The zero-order valence-electron chi connectivity index (χ0n) is 14.3. The van der Waals surface area contributed by atoms with Crippen molar-refractivity contribution in [2.45, 2.75) is 32.6 Å². The third-order valence-corrected chi connectivity index (χ3v) is 4.78. The van der Waals surface area contributed by atoms with Gasteiger partial charge in [0.15, 0.2) is 0 Å². The quantitative estimate of drug-likeness (QED) is 0.701. The first-order valence-corrected chi connectivity index (χ1v) is 8.84. The average Bonchev–Trinajstić information content (AvgIpc) is 2.97. The number of amides is 1. The highest BCUT2D eigenvalue weighted by atomic mass is 16.1. The van der Waals surface area contributed by atoms with Crippen LogP contribution in [0.1, 0.15) is 36.5 Å². The van der Waals surface area contributed by atoms with E-state index in [1.165, 1.54) is 27.8 Å². The Hall–Kier alpha value is -2.13. The molecular weight excluding hydrogens is 296 g/mol. The summed E-state index contributed by atoms with van der Waals surface area (Å²) in [6, 6.07) is 15.4. The molecule has 1 unspecified atom stereocenters. The first kappa shape index (κ1) is 16.7. The zero-order valence-corrected chi connectivity index (χ0v) is 14.3. The molecule has 3 N–H and O–H groups in total. The molecule has 1 amide bonds. The fraction of sp³-hybridized carbons (Fsp3) is 0.381. The molecule has 0 fully saturated rings. The molecule has 0 aliphatic heterocycles. The van der Waals surface area contributed by atoms with Gasteiger partial charge in [-0.3, -0.25) is 4.79 Å². The lowest BCUT2D eigenvalue weighted by Crippen LogP contribution is -2.31. The Morgan fingerprint density at radius 3 is 2.79 bits per heavy atom.